The molecule has 0 spiro atoms. The van der Waals surface area contributed by atoms with Gasteiger partial charge < -0.3 is 36.1 Å². The number of nitro groups is 1. The Labute approximate surface area is 310 Å². The van der Waals surface area contributed by atoms with Crippen LogP contribution in [0.5, 0.6) is 34.5 Å². The highest BCUT2D eigenvalue weighted by molar-refractivity contribution is 6.02. The van der Waals surface area contributed by atoms with Crippen LogP contribution in [-0.4, -0.2) is 40.9 Å². The van der Waals surface area contributed by atoms with Gasteiger partial charge in [-0.2, -0.15) is 26.3 Å². The molecule has 6 rings (SSSR count). The topological polar surface area (TPSA) is 218 Å². The number of aromatic nitrogens is 2. The highest BCUT2D eigenvalue weighted by Crippen LogP contribution is 2.41. The van der Waals surface area contributed by atoms with Gasteiger partial charge in [0.1, 0.15) is 40.1 Å². The van der Waals surface area contributed by atoms with Gasteiger partial charge in [-0.15, -0.1) is 0 Å². The zero-order chi connectivity index (χ0) is 41.1. The first-order chi connectivity index (χ1) is 26.3. The van der Waals surface area contributed by atoms with Crippen LogP contribution in [0, 0.1) is 10.1 Å². The van der Waals surface area contributed by atoms with Crippen LogP contribution in [0.15, 0.2) is 85.2 Å². The molecule has 0 radical (unpaired) electrons. The number of halogens is 6. The van der Waals surface area contributed by atoms with Crippen LogP contribution in [0.1, 0.15) is 31.8 Å². The maximum absolute atomic E-state index is 13.2. The number of rotatable bonds is 9. The monoisotopic (exact) mass is 784 g/mol. The van der Waals surface area contributed by atoms with Crippen molar-refractivity contribution < 1.29 is 59.8 Å². The fourth-order valence-electron chi connectivity index (χ4n) is 5.26. The van der Waals surface area contributed by atoms with Crippen LogP contribution in [0.4, 0.5) is 37.7 Å². The Kier molecular flexibility index (Phi) is 11.0. The number of nitrogens with zero attached hydrogens (tertiary/aromatic N) is 3. The maximum Gasteiger partial charge on any atom is 0.423 e. The van der Waals surface area contributed by atoms with Gasteiger partial charge >= 0.3 is 12.4 Å². The number of nitrogens with two attached hydrogens (primary N) is 3. The van der Waals surface area contributed by atoms with E-state index in [1.807, 2.05) is 0 Å². The summed E-state index contributed by atoms with van der Waals surface area (Å²) in [5, 5.41) is 11.5. The number of fused-ring (bicyclic) bond motifs is 2. The third kappa shape index (κ3) is 8.54. The Bertz CT molecular complexity index is 2510. The summed E-state index contributed by atoms with van der Waals surface area (Å²) in [5.74, 6) is -1.20. The van der Waals surface area contributed by atoms with E-state index < -0.39 is 51.6 Å². The molecule has 0 saturated heterocycles. The standard InChI is InChI=1S/C18H12F3N3O5.C18H14F3N3O3/c1-28-16-8-13-10(7-11(16)17(22)25)15(4-5-23-13)29-9-2-3-14(24(26)27)12(6-9)18(19,20)21;1-26-16-8-14-10(7-11(16)17(23)25)15(4-5-24-14)27-9-2-3-13(22)12(6-9)18(19,20)21/h2-8H,1H3,(H2,22,25);2-8H,22H2,1H3,(H2,23,25). The molecule has 0 unspecified atom stereocenters. The lowest BCUT2D eigenvalue weighted by atomic mass is 10.1. The van der Waals surface area contributed by atoms with E-state index in [0.29, 0.717) is 28.6 Å². The number of ether oxygens (including phenoxy) is 4. The molecule has 14 nitrogen and oxygen atoms in total. The zero-order valence-electron chi connectivity index (χ0n) is 28.7. The van der Waals surface area contributed by atoms with Crippen molar-refractivity contribution in [1.29, 1.82) is 0 Å². The second kappa shape index (κ2) is 15.5. The molecule has 56 heavy (non-hydrogen) atoms. The Hall–Kier alpha value is -7.38. The number of anilines is 1. The largest absolute Gasteiger partial charge is 0.496 e. The molecular formula is C36H26F6N6O8. The lowest BCUT2D eigenvalue weighted by Crippen LogP contribution is -2.12. The van der Waals surface area contributed by atoms with Crippen molar-refractivity contribution in [2.75, 3.05) is 20.0 Å². The molecular weight excluding hydrogens is 758 g/mol. The Morgan fingerprint density at radius 3 is 1.46 bits per heavy atom. The molecule has 0 aliphatic rings. The van der Waals surface area contributed by atoms with Gasteiger partial charge in [0, 0.05) is 47.1 Å². The predicted octanol–water partition coefficient (Wildman–Crippen LogP) is 7.80. The van der Waals surface area contributed by atoms with Crippen LogP contribution in [0.2, 0.25) is 0 Å². The first-order valence-corrected chi connectivity index (χ1v) is 15.5. The maximum atomic E-state index is 13.2. The van der Waals surface area contributed by atoms with Crippen molar-refractivity contribution in [2.24, 2.45) is 11.5 Å². The van der Waals surface area contributed by atoms with E-state index in [-0.39, 0.29) is 51.0 Å². The summed E-state index contributed by atoms with van der Waals surface area (Å²) in [6, 6.07) is 14.0. The SMILES string of the molecule is COc1cc2nccc(Oc3ccc(N)c(C(F)(F)F)c3)c2cc1C(N)=O.COc1cc2nccc(Oc3ccc([N+](=O)[O-])c(C(F)(F)F)c3)c2cc1C(N)=O. The minimum Gasteiger partial charge on any atom is -0.496 e. The van der Waals surface area contributed by atoms with E-state index in [2.05, 4.69) is 9.97 Å². The van der Waals surface area contributed by atoms with E-state index >= 15 is 0 Å². The molecule has 2 heterocycles. The van der Waals surface area contributed by atoms with Crippen molar-refractivity contribution >= 4 is 45.0 Å². The number of hydrogen-bond donors (Lipinski definition) is 3. The highest BCUT2D eigenvalue weighted by atomic mass is 19.4. The van der Waals surface area contributed by atoms with Gasteiger partial charge in [0.25, 0.3) is 17.5 Å². The van der Waals surface area contributed by atoms with Crippen LogP contribution in [-0.2, 0) is 12.4 Å². The van der Waals surface area contributed by atoms with E-state index in [1.165, 1.54) is 69.1 Å². The molecule has 0 bridgehead atoms. The second-order valence-electron chi connectivity index (χ2n) is 11.4. The molecule has 6 aromatic rings. The third-order valence-electron chi connectivity index (χ3n) is 7.83. The zero-order valence-corrected chi connectivity index (χ0v) is 28.7. The number of carbonyl (C=O) groups is 2. The fraction of sp³-hybridized carbons (Fsp3) is 0.111. The molecule has 0 atom stereocenters. The van der Waals surface area contributed by atoms with Crippen molar-refractivity contribution in [2.45, 2.75) is 12.4 Å². The lowest BCUT2D eigenvalue weighted by Gasteiger charge is -2.14. The molecule has 4 aromatic carbocycles. The fourth-order valence-corrected chi connectivity index (χ4v) is 5.26. The van der Waals surface area contributed by atoms with Gasteiger partial charge in [0.05, 0.1) is 46.9 Å². The molecule has 6 N–H and O–H groups in total. The number of nitrogen functional groups attached to an aromatic ring is 1. The first-order valence-electron chi connectivity index (χ1n) is 15.5. The number of pyridine rings is 2. The van der Waals surface area contributed by atoms with E-state index in [1.54, 1.807) is 0 Å². The molecule has 0 aliphatic heterocycles. The molecule has 2 aromatic heterocycles. The van der Waals surface area contributed by atoms with Gasteiger partial charge in [-0.05, 0) is 54.6 Å². The van der Waals surface area contributed by atoms with Crippen LogP contribution in [0.25, 0.3) is 21.8 Å². The minimum absolute atomic E-state index is 0.0255. The van der Waals surface area contributed by atoms with Crippen molar-refractivity contribution in [1.82, 2.24) is 9.97 Å². The number of amides is 2. The van der Waals surface area contributed by atoms with Gasteiger partial charge in [-0.1, -0.05) is 0 Å². The van der Waals surface area contributed by atoms with Crippen LogP contribution >= 0.6 is 0 Å². The van der Waals surface area contributed by atoms with Crippen LogP contribution in [0.3, 0.4) is 0 Å². The minimum atomic E-state index is -4.95. The molecule has 290 valence electrons. The second-order valence-corrected chi connectivity index (χ2v) is 11.4. The summed E-state index contributed by atoms with van der Waals surface area (Å²) in [6.45, 7) is 0. The van der Waals surface area contributed by atoms with Crippen molar-refractivity contribution in [3.63, 3.8) is 0 Å². The van der Waals surface area contributed by atoms with Crippen molar-refractivity contribution in [3.8, 4) is 34.5 Å². The average molecular weight is 785 g/mol. The number of primary amides is 2. The van der Waals surface area contributed by atoms with Gasteiger partial charge in [-0.25, -0.2) is 0 Å². The van der Waals surface area contributed by atoms with E-state index in [9.17, 15) is 46.0 Å². The van der Waals surface area contributed by atoms with E-state index in [0.717, 1.165) is 18.2 Å². The Balaban J connectivity index is 0.000000215. The summed E-state index contributed by atoms with van der Waals surface area (Å²) >= 11 is 0. The molecule has 2 amide bonds. The molecule has 0 fully saturated rings. The normalized spacial score (nSPS) is 11.4. The smallest absolute Gasteiger partial charge is 0.423 e. The molecule has 0 aliphatic carbocycles. The first kappa shape index (κ1) is 39.8. The van der Waals surface area contributed by atoms with Gasteiger partial charge in [0.15, 0.2) is 0 Å². The van der Waals surface area contributed by atoms with Gasteiger partial charge in [0.2, 0.25) is 0 Å². The lowest BCUT2D eigenvalue weighted by molar-refractivity contribution is -0.388. The Morgan fingerprint density at radius 1 is 0.643 bits per heavy atom. The van der Waals surface area contributed by atoms with E-state index in [4.69, 9.17) is 36.1 Å². The average Bonchev–Trinajstić information content (AvgIpc) is 3.14. The summed E-state index contributed by atoms with van der Waals surface area (Å²) in [7, 11) is 2.71. The Morgan fingerprint density at radius 2 is 1.07 bits per heavy atom. The number of alkyl halides is 6. The molecule has 0 saturated carbocycles. The third-order valence-corrected chi connectivity index (χ3v) is 7.83. The summed E-state index contributed by atoms with van der Waals surface area (Å²) in [6.07, 6.45) is -6.80. The number of carbonyl (C=O) groups excluding carboxylic acids is 2. The molecule has 20 heteroatoms. The number of methoxy groups -OCH3 is 2. The van der Waals surface area contributed by atoms with Crippen molar-refractivity contribution in [3.05, 3.63) is 118 Å². The number of hydrogen-bond acceptors (Lipinski definition) is 11. The highest BCUT2D eigenvalue weighted by Gasteiger charge is 2.39. The number of benzene rings is 4. The summed E-state index contributed by atoms with van der Waals surface area (Å²) < 4.78 is 99.9. The van der Waals surface area contributed by atoms with Gasteiger partial charge in [-0.3, -0.25) is 29.7 Å². The predicted molar refractivity (Wildman–Crippen MR) is 188 cm³/mol. The summed E-state index contributed by atoms with van der Waals surface area (Å²) in [4.78, 5) is 41.3. The number of nitro benzene ring substituents is 1. The van der Waals surface area contributed by atoms with Crippen LogP contribution < -0.4 is 36.1 Å². The quantitative estimate of drug-likeness (QED) is 0.0556. The summed E-state index contributed by atoms with van der Waals surface area (Å²) in [5.41, 5.74) is 13.0.